The number of halogens is 3. The van der Waals surface area contributed by atoms with E-state index in [9.17, 15) is 0 Å². The second kappa shape index (κ2) is 5.53. The minimum absolute atomic E-state index is 0.227. The highest BCUT2D eigenvalue weighted by Crippen LogP contribution is 2.30. The standard InChI is InChI=1S/C11H13Br2Cl/c1-11(7-12,8-13)6-9-4-2-3-5-10(9)14/h2-5H,6-8H2,1H3. The largest absolute Gasteiger partial charge is 0.0922 e. The van der Waals surface area contributed by atoms with Gasteiger partial charge in [0.15, 0.2) is 0 Å². The van der Waals surface area contributed by atoms with Crippen LogP contribution < -0.4 is 0 Å². The minimum Gasteiger partial charge on any atom is -0.0922 e. The maximum absolute atomic E-state index is 6.11. The van der Waals surface area contributed by atoms with Crippen LogP contribution in [0.15, 0.2) is 24.3 Å². The van der Waals surface area contributed by atoms with Crippen molar-refractivity contribution in [2.75, 3.05) is 10.7 Å². The summed E-state index contributed by atoms with van der Waals surface area (Å²) in [4.78, 5) is 0. The molecule has 0 fully saturated rings. The summed E-state index contributed by atoms with van der Waals surface area (Å²) in [5.41, 5.74) is 1.45. The van der Waals surface area contributed by atoms with E-state index in [-0.39, 0.29) is 5.41 Å². The molecule has 0 saturated heterocycles. The van der Waals surface area contributed by atoms with Crippen molar-refractivity contribution in [3.8, 4) is 0 Å². The van der Waals surface area contributed by atoms with Gasteiger partial charge in [0.1, 0.15) is 0 Å². The molecule has 0 nitrogen and oxygen atoms in total. The molecule has 0 N–H and O–H groups in total. The molecule has 0 spiro atoms. The van der Waals surface area contributed by atoms with Crippen LogP contribution in [-0.2, 0) is 6.42 Å². The third kappa shape index (κ3) is 3.25. The van der Waals surface area contributed by atoms with Crippen molar-refractivity contribution < 1.29 is 0 Å². The number of benzene rings is 1. The Bertz CT molecular complexity index is 295. The molecule has 0 aliphatic heterocycles. The fourth-order valence-corrected chi connectivity index (χ4v) is 2.76. The monoisotopic (exact) mass is 338 g/mol. The molecule has 0 aliphatic carbocycles. The third-order valence-electron chi connectivity index (χ3n) is 2.22. The Labute approximate surface area is 107 Å². The summed E-state index contributed by atoms with van der Waals surface area (Å²) in [5, 5.41) is 2.80. The molecule has 0 atom stereocenters. The smallest absolute Gasteiger partial charge is 0.0438 e. The van der Waals surface area contributed by atoms with Crippen molar-refractivity contribution in [3.63, 3.8) is 0 Å². The van der Waals surface area contributed by atoms with Crippen molar-refractivity contribution in [2.24, 2.45) is 5.41 Å². The van der Waals surface area contributed by atoms with Gasteiger partial charge in [-0.25, -0.2) is 0 Å². The van der Waals surface area contributed by atoms with Crippen molar-refractivity contribution >= 4 is 43.5 Å². The average molecular weight is 340 g/mol. The average Bonchev–Trinajstić information content (AvgIpc) is 2.21. The first-order chi connectivity index (χ1) is 6.61. The third-order valence-corrected chi connectivity index (χ3v) is 5.30. The summed E-state index contributed by atoms with van der Waals surface area (Å²) in [7, 11) is 0. The molecule has 1 rings (SSSR count). The molecule has 0 unspecified atom stereocenters. The molecule has 0 aromatic heterocycles. The van der Waals surface area contributed by atoms with Gasteiger partial charge in [0.05, 0.1) is 0 Å². The van der Waals surface area contributed by atoms with E-state index in [0.717, 1.165) is 22.1 Å². The molecule has 0 amide bonds. The molecule has 0 heterocycles. The van der Waals surface area contributed by atoms with E-state index in [4.69, 9.17) is 11.6 Å². The van der Waals surface area contributed by atoms with Crippen LogP contribution in [0.3, 0.4) is 0 Å². The molecule has 0 bridgehead atoms. The Kier molecular flexibility index (Phi) is 4.95. The van der Waals surface area contributed by atoms with Gasteiger partial charge in [-0.15, -0.1) is 0 Å². The number of hydrogen-bond donors (Lipinski definition) is 0. The summed E-state index contributed by atoms with van der Waals surface area (Å²) >= 11 is 13.2. The lowest BCUT2D eigenvalue weighted by atomic mass is 9.88. The second-order valence-corrected chi connectivity index (χ2v) is 5.37. The van der Waals surface area contributed by atoms with Crippen LogP contribution in [0.25, 0.3) is 0 Å². The van der Waals surface area contributed by atoms with Crippen molar-refractivity contribution in [1.29, 1.82) is 0 Å². The van der Waals surface area contributed by atoms with Gasteiger partial charge < -0.3 is 0 Å². The summed E-state index contributed by atoms with van der Waals surface area (Å²) < 4.78 is 0. The first-order valence-corrected chi connectivity index (χ1v) is 7.09. The molecule has 1 aromatic rings. The molecule has 3 heteroatoms. The zero-order valence-electron chi connectivity index (χ0n) is 8.06. The maximum atomic E-state index is 6.11. The number of hydrogen-bond acceptors (Lipinski definition) is 0. The number of alkyl halides is 2. The highest BCUT2D eigenvalue weighted by atomic mass is 79.9. The Morgan fingerprint density at radius 3 is 2.29 bits per heavy atom. The minimum atomic E-state index is 0.227. The SMILES string of the molecule is CC(CBr)(CBr)Cc1ccccc1Cl. The van der Waals surface area contributed by atoms with E-state index in [1.165, 1.54) is 5.56 Å². The second-order valence-electron chi connectivity index (χ2n) is 3.85. The fraction of sp³-hybridized carbons (Fsp3) is 0.455. The summed E-state index contributed by atoms with van der Waals surface area (Å²) in [6.45, 7) is 2.24. The Morgan fingerprint density at radius 1 is 1.21 bits per heavy atom. The first-order valence-electron chi connectivity index (χ1n) is 4.47. The highest BCUT2D eigenvalue weighted by Gasteiger charge is 2.22. The molecule has 0 aliphatic rings. The fourth-order valence-electron chi connectivity index (χ4n) is 1.23. The lowest BCUT2D eigenvalue weighted by molar-refractivity contribution is 0.439. The zero-order chi connectivity index (χ0) is 10.6. The molecule has 78 valence electrons. The van der Waals surface area contributed by atoms with E-state index in [0.29, 0.717) is 0 Å². The van der Waals surface area contributed by atoms with Gasteiger partial charge in [-0.3, -0.25) is 0 Å². The van der Waals surface area contributed by atoms with Crippen LogP contribution in [0.5, 0.6) is 0 Å². The van der Waals surface area contributed by atoms with Gasteiger partial charge in [0.2, 0.25) is 0 Å². The van der Waals surface area contributed by atoms with Crippen molar-refractivity contribution in [2.45, 2.75) is 13.3 Å². The quantitative estimate of drug-likeness (QED) is 0.698. The lowest BCUT2D eigenvalue weighted by Gasteiger charge is -2.25. The van der Waals surface area contributed by atoms with Gasteiger partial charge in [0, 0.05) is 15.7 Å². The predicted molar refractivity (Wildman–Crippen MR) is 70.9 cm³/mol. The molecule has 0 radical (unpaired) electrons. The van der Waals surface area contributed by atoms with Crippen molar-refractivity contribution in [1.82, 2.24) is 0 Å². The van der Waals surface area contributed by atoms with Gasteiger partial charge in [-0.2, -0.15) is 0 Å². The van der Waals surface area contributed by atoms with E-state index >= 15 is 0 Å². The topological polar surface area (TPSA) is 0 Å². The Hall–Kier alpha value is 0.470. The van der Waals surface area contributed by atoms with Crippen LogP contribution in [-0.4, -0.2) is 10.7 Å². The van der Waals surface area contributed by atoms with Gasteiger partial charge in [-0.05, 0) is 23.5 Å². The van der Waals surface area contributed by atoms with E-state index < -0.39 is 0 Å². The van der Waals surface area contributed by atoms with Crippen LogP contribution in [0.1, 0.15) is 12.5 Å². The summed E-state index contributed by atoms with van der Waals surface area (Å²) in [5.74, 6) is 0. The zero-order valence-corrected chi connectivity index (χ0v) is 12.0. The first kappa shape index (κ1) is 12.5. The number of rotatable bonds is 4. The maximum Gasteiger partial charge on any atom is 0.0438 e. The van der Waals surface area contributed by atoms with Crippen LogP contribution in [0.4, 0.5) is 0 Å². The van der Waals surface area contributed by atoms with E-state index in [1.54, 1.807) is 0 Å². The van der Waals surface area contributed by atoms with Gasteiger partial charge in [-0.1, -0.05) is 68.6 Å². The summed E-state index contributed by atoms with van der Waals surface area (Å²) in [6.07, 6.45) is 0.989. The Morgan fingerprint density at radius 2 is 1.79 bits per heavy atom. The van der Waals surface area contributed by atoms with E-state index in [2.05, 4.69) is 44.8 Å². The van der Waals surface area contributed by atoms with E-state index in [1.807, 2.05) is 18.2 Å². The van der Waals surface area contributed by atoms with Gasteiger partial charge >= 0.3 is 0 Å². The van der Waals surface area contributed by atoms with Crippen LogP contribution in [0.2, 0.25) is 5.02 Å². The van der Waals surface area contributed by atoms with Crippen molar-refractivity contribution in [3.05, 3.63) is 34.9 Å². The highest BCUT2D eigenvalue weighted by molar-refractivity contribution is 9.09. The molecular weight excluding hydrogens is 327 g/mol. The van der Waals surface area contributed by atoms with Crippen LogP contribution >= 0.6 is 43.5 Å². The molecule has 0 saturated carbocycles. The molecule has 1 aromatic carbocycles. The molecule has 14 heavy (non-hydrogen) atoms. The molecular formula is C11H13Br2Cl. The van der Waals surface area contributed by atoms with Gasteiger partial charge in [0.25, 0.3) is 0 Å². The van der Waals surface area contributed by atoms with Crippen LogP contribution in [0, 0.1) is 5.41 Å². The normalized spacial score (nSPS) is 11.7. The Balaban J connectivity index is 2.82. The lowest BCUT2D eigenvalue weighted by Crippen LogP contribution is -2.23. The summed E-state index contributed by atoms with van der Waals surface area (Å²) in [6, 6.07) is 8.03. The predicted octanol–water partition coefficient (Wildman–Crippen LogP) is 4.68.